The average Bonchev–Trinajstić information content (AvgIpc) is 3.69. The van der Waals surface area contributed by atoms with E-state index in [2.05, 4.69) is 32.4 Å². The smallest absolute Gasteiger partial charge is 0.243 e. The number of pyridine rings is 1. The Kier molecular flexibility index (Phi) is 7.97. The summed E-state index contributed by atoms with van der Waals surface area (Å²) in [4.78, 5) is 28.4. The van der Waals surface area contributed by atoms with Crippen LogP contribution in [0.2, 0.25) is 10.0 Å². The zero-order valence-corrected chi connectivity index (χ0v) is 23.6. The van der Waals surface area contributed by atoms with Crippen LogP contribution in [0.5, 0.6) is 11.5 Å². The van der Waals surface area contributed by atoms with E-state index in [9.17, 15) is 4.79 Å². The second-order valence-corrected chi connectivity index (χ2v) is 10.6. The number of nitrogens with one attached hydrogen (secondary N) is 3. The SMILES string of the molecule is C=CC(=O)N[C@H]1CN(C)C[C@H]1Nc1ncc2cc(-c3c(Cl)c(OC)cc(OC)c3Cl)nc(NCC3CC3)c2n1. The quantitative estimate of drug-likeness (QED) is 0.307. The van der Waals surface area contributed by atoms with Crippen molar-refractivity contribution in [2.45, 2.75) is 24.9 Å². The van der Waals surface area contributed by atoms with Crippen molar-refractivity contribution in [3.05, 3.63) is 41.0 Å². The fraction of sp³-hybridized carbons (Fsp3) is 0.407. The number of carbonyl (C=O) groups is 1. The maximum Gasteiger partial charge on any atom is 0.243 e. The van der Waals surface area contributed by atoms with E-state index in [1.54, 1.807) is 12.3 Å². The number of ether oxygens (including phenoxy) is 2. The Morgan fingerprint density at radius 3 is 2.46 bits per heavy atom. The Morgan fingerprint density at radius 1 is 1.13 bits per heavy atom. The molecule has 10 nitrogen and oxygen atoms in total. The number of fused-ring (bicyclic) bond motifs is 1. The van der Waals surface area contributed by atoms with E-state index in [1.807, 2.05) is 13.1 Å². The van der Waals surface area contributed by atoms with Crippen LogP contribution < -0.4 is 25.4 Å². The van der Waals surface area contributed by atoms with Crippen molar-refractivity contribution in [1.82, 2.24) is 25.2 Å². The Labute approximate surface area is 237 Å². The lowest BCUT2D eigenvalue weighted by Gasteiger charge is -2.21. The van der Waals surface area contributed by atoms with Crippen LogP contribution in [0.3, 0.4) is 0 Å². The molecule has 1 aromatic carbocycles. The van der Waals surface area contributed by atoms with Gasteiger partial charge in [-0.05, 0) is 37.9 Å². The van der Waals surface area contributed by atoms with Gasteiger partial charge in [0.05, 0.1) is 42.0 Å². The van der Waals surface area contributed by atoms with E-state index in [1.165, 1.54) is 33.1 Å². The third kappa shape index (κ3) is 5.83. The van der Waals surface area contributed by atoms with Crippen LogP contribution in [0.25, 0.3) is 22.2 Å². The first kappa shape index (κ1) is 27.2. The molecule has 206 valence electrons. The number of carbonyl (C=O) groups excluding carboxylic acids is 1. The molecular weight excluding hydrogens is 541 g/mol. The van der Waals surface area contributed by atoms with Gasteiger partial charge in [-0.1, -0.05) is 29.8 Å². The normalized spacial score (nSPS) is 19.1. The summed E-state index contributed by atoms with van der Waals surface area (Å²) in [5.74, 6) is 2.31. The summed E-state index contributed by atoms with van der Waals surface area (Å²) >= 11 is 13.4. The number of halogens is 2. The van der Waals surface area contributed by atoms with Gasteiger partial charge in [-0.2, -0.15) is 0 Å². The zero-order valence-electron chi connectivity index (χ0n) is 22.1. The highest BCUT2D eigenvalue weighted by Gasteiger charge is 2.32. The van der Waals surface area contributed by atoms with Crippen LogP contribution in [0.4, 0.5) is 11.8 Å². The molecule has 5 rings (SSSR count). The van der Waals surface area contributed by atoms with E-state index < -0.39 is 0 Å². The van der Waals surface area contributed by atoms with Crippen molar-refractivity contribution in [2.24, 2.45) is 5.92 Å². The molecule has 1 saturated carbocycles. The molecule has 2 atom stereocenters. The second kappa shape index (κ2) is 11.4. The van der Waals surface area contributed by atoms with Gasteiger partial charge in [0.2, 0.25) is 11.9 Å². The molecule has 2 fully saturated rings. The summed E-state index contributed by atoms with van der Waals surface area (Å²) in [6.07, 6.45) is 5.39. The van der Waals surface area contributed by atoms with Crippen LogP contribution in [-0.4, -0.2) is 78.7 Å². The monoisotopic (exact) mass is 571 g/mol. The largest absolute Gasteiger partial charge is 0.495 e. The molecule has 1 aliphatic heterocycles. The highest BCUT2D eigenvalue weighted by molar-refractivity contribution is 6.41. The summed E-state index contributed by atoms with van der Waals surface area (Å²) in [6, 6.07) is 3.31. The van der Waals surface area contributed by atoms with E-state index in [0.717, 1.165) is 18.5 Å². The van der Waals surface area contributed by atoms with Gasteiger partial charge < -0.3 is 30.3 Å². The van der Waals surface area contributed by atoms with Gasteiger partial charge >= 0.3 is 0 Å². The maximum atomic E-state index is 11.9. The van der Waals surface area contributed by atoms with Crippen molar-refractivity contribution >= 4 is 51.8 Å². The number of likely N-dealkylation sites (N-methyl/N-ethyl adjacent to an activating group) is 1. The van der Waals surface area contributed by atoms with Crippen molar-refractivity contribution in [2.75, 3.05) is 51.5 Å². The van der Waals surface area contributed by atoms with E-state index in [-0.39, 0.29) is 18.0 Å². The molecule has 39 heavy (non-hydrogen) atoms. The summed E-state index contributed by atoms with van der Waals surface area (Å²) in [5.41, 5.74) is 1.71. The lowest BCUT2D eigenvalue weighted by molar-refractivity contribution is -0.117. The minimum atomic E-state index is -0.212. The molecule has 1 amide bonds. The minimum Gasteiger partial charge on any atom is -0.495 e. The first-order valence-electron chi connectivity index (χ1n) is 12.7. The number of methoxy groups -OCH3 is 2. The third-order valence-corrected chi connectivity index (χ3v) is 7.73. The number of nitrogens with zero attached hydrogens (tertiary/aromatic N) is 4. The fourth-order valence-corrected chi connectivity index (χ4v) is 5.43. The lowest BCUT2D eigenvalue weighted by Crippen LogP contribution is -2.45. The van der Waals surface area contributed by atoms with Gasteiger partial charge in [0, 0.05) is 42.8 Å². The highest BCUT2D eigenvalue weighted by atomic mass is 35.5. The van der Waals surface area contributed by atoms with Gasteiger partial charge in [-0.15, -0.1) is 0 Å². The topological polar surface area (TPSA) is 114 Å². The van der Waals surface area contributed by atoms with Crippen molar-refractivity contribution < 1.29 is 14.3 Å². The molecule has 3 heterocycles. The minimum absolute atomic E-state index is 0.0756. The van der Waals surface area contributed by atoms with Crippen molar-refractivity contribution in [3.8, 4) is 22.8 Å². The van der Waals surface area contributed by atoms with Crippen LogP contribution in [0.15, 0.2) is 31.0 Å². The molecule has 1 aliphatic carbocycles. The number of hydrogen-bond acceptors (Lipinski definition) is 9. The van der Waals surface area contributed by atoms with Crippen LogP contribution in [0, 0.1) is 5.92 Å². The predicted molar refractivity (Wildman–Crippen MR) is 154 cm³/mol. The average molecular weight is 572 g/mol. The number of hydrogen-bond donors (Lipinski definition) is 3. The standard InChI is InChI=1S/C27H31Cl2N7O3/c1-5-21(37)32-17-12-36(2)13-18(17)34-27-31-11-15-8-16(33-26(25(15)35-27)30-10-14-6-7-14)22-23(28)19(38-3)9-20(39-4)24(22)29/h5,8-9,11,14,17-18H,1,6-7,10,12-13H2,2-4H3,(H,30,33)(H,32,37)(H,31,34,35)/t17-,18+/m0/s1. The number of anilines is 2. The van der Waals surface area contributed by atoms with Gasteiger partial charge in [-0.3, -0.25) is 4.79 Å². The third-order valence-electron chi connectivity index (χ3n) is 6.98. The lowest BCUT2D eigenvalue weighted by atomic mass is 10.1. The Hall–Kier alpha value is -3.34. The Bertz CT molecular complexity index is 1390. The molecule has 0 spiro atoms. The first-order chi connectivity index (χ1) is 18.8. The van der Waals surface area contributed by atoms with Gasteiger partial charge in [-0.25, -0.2) is 15.0 Å². The number of aromatic nitrogens is 3. The Balaban J connectivity index is 1.54. The summed E-state index contributed by atoms with van der Waals surface area (Å²) in [6.45, 7) is 5.76. The zero-order chi connectivity index (χ0) is 27.7. The van der Waals surface area contributed by atoms with Crippen LogP contribution in [-0.2, 0) is 4.79 Å². The molecule has 1 saturated heterocycles. The summed E-state index contributed by atoms with van der Waals surface area (Å²) < 4.78 is 10.9. The number of benzene rings is 1. The van der Waals surface area contributed by atoms with Crippen LogP contribution in [0.1, 0.15) is 12.8 Å². The molecule has 2 aliphatic rings. The number of amides is 1. The van der Waals surface area contributed by atoms with E-state index in [4.69, 9.17) is 42.6 Å². The molecule has 0 unspecified atom stereocenters. The van der Waals surface area contributed by atoms with E-state index in [0.29, 0.717) is 62.5 Å². The van der Waals surface area contributed by atoms with Gasteiger partial charge in [0.1, 0.15) is 17.0 Å². The van der Waals surface area contributed by atoms with Crippen molar-refractivity contribution in [3.63, 3.8) is 0 Å². The van der Waals surface area contributed by atoms with Crippen molar-refractivity contribution in [1.29, 1.82) is 0 Å². The number of likely N-dealkylation sites (tertiary alicyclic amines) is 1. The molecule has 0 radical (unpaired) electrons. The van der Waals surface area contributed by atoms with E-state index >= 15 is 0 Å². The molecule has 2 aromatic heterocycles. The first-order valence-corrected chi connectivity index (χ1v) is 13.5. The summed E-state index contributed by atoms with van der Waals surface area (Å²) in [7, 11) is 5.07. The molecule has 0 bridgehead atoms. The fourth-order valence-electron chi connectivity index (χ4n) is 4.73. The predicted octanol–water partition coefficient (Wildman–Crippen LogP) is 4.23. The summed E-state index contributed by atoms with van der Waals surface area (Å²) in [5, 5.41) is 11.3. The highest BCUT2D eigenvalue weighted by Crippen LogP contribution is 2.46. The maximum absolute atomic E-state index is 11.9. The molecule has 3 N–H and O–H groups in total. The second-order valence-electron chi connectivity index (χ2n) is 9.89. The molecular formula is C27H31Cl2N7O3. The molecule has 3 aromatic rings. The van der Waals surface area contributed by atoms with Gasteiger partial charge in [0.25, 0.3) is 0 Å². The molecule has 12 heteroatoms. The van der Waals surface area contributed by atoms with Gasteiger partial charge in [0.15, 0.2) is 5.82 Å². The van der Waals surface area contributed by atoms with Crippen LogP contribution >= 0.6 is 23.2 Å². The Morgan fingerprint density at radius 2 is 1.82 bits per heavy atom. The number of rotatable bonds is 10.